The van der Waals surface area contributed by atoms with E-state index in [2.05, 4.69) is 27.2 Å². The molecule has 0 unspecified atom stereocenters. The van der Waals surface area contributed by atoms with Gasteiger partial charge in [0.1, 0.15) is 17.4 Å². The molecule has 6 nitrogen and oxygen atoms in total. The molecule has 0 atom stereocenters. The minimum atomic E-state index is -0.280. The van der Waals surface area contributed by atoms with Crippen LogP contribution < -0.4 is 10.1 Å². The van der Waals surface area contributed by atoms with Crippen molar-refractivity contribution in [2.45, 2.75) is 26.4 Å². The summed E-state index contributed by atoms with van der Waals surface area (Å²) in [5.41, 5.74) is 3.44. The van der Waals surface area contributed by atoms with E-state index in [1.165, 1.54) is 12.1 Å². The number of benzene rings is 1. The van der Waals surface area contributed by atoms with Gasteiger partial charge in [0.05, 0.1) is 6.61 Å². The van der Waals surface area contributed by atoms with Crippen molar-refractivity contribution >= 4 is 5.82 Å². The van der Waals surface area contributed by atoms with Crippen molar-refractivity contribution in [3.05, 3.63) is 65.4 Å². The zero-order valence-electron chi connectivity index (χ0n) is 15.6. The average Bonchev–Trinajstić information content (AvgIpc) is 2.74. The van der Waals surface area contributed by atoms with E-state index in [4.69, 9.17) is 9.47 Å². The molecule has 0 bridgehead atoms. The van der Waals surface area contributed by atoms with Crippen LogP contribution >= 0.6 is 0 Å². The molecule has 144 valence electrons. The topological polar surface area (TPSA) is 69.2 Å². The van der Waals surface area contributed by atoms with Gasteiger partial charge in [0.25, 0.3) is 0 Å². The molecule has 1 aromatic carbocycles. The third kappa shape index (κ3) is 4.09. The van der Waals surface area contributed by atoms with Crippen LogP contribution in [0.1, 0.15) is 23.7 Å². The van der Waals surface area contributed by atoms with E-state index in [0.29, 0.717) is 25.4 Å². The second-order valence-electron chi connectivity index (χ2n) is 6.50. The Kier molecular flexibility index (Phi) is 5.43. The van der Waals surface area contributed by atoms with Crippen molar-refractivity contribution in [1.29, 1.82) is 0 Å². The highest BCUT2D eigenvalue weighted by atomic mass is 19.1. The van der Waals surface area contributed by atoms with Crippen LogP contribution in [0.4, 0.5) is 10.2 Å². The van der Waals surface area contributed by atoms with E-state index in [0.717, 1.165) is 40.4 Å². The minimum Gasteiger partial charge on any atom is -0.467 e. The summed E-state index contributed by atoms with van der Waals surface area (Å²) in [6.45, 7) is 3.21. The molecule has 4 rings (SSSR count). The zero-order chi connectivity index (χ0) is 19.3. The van der Waals surface area contributed by atoms with Crippen molar-refractivity contribution in [2.24, 2.45) is 0 Å². The van der Waals surface area contributed by atoms with Gasteiger partial charge >= 0.3 is 0 Å². The number of hydrogen-bond acceptors (Lipinski definition) is 6. The maximum Gasteiger partial charge on any atom is 0.189 e. The van der Waals surface area contributed by atoms with Gasteiger partial charge < -0.3 is 14.8 Å². The fourth-order valence-electron chi connectivity index (χ4n) is 3.17. The molecule has 3 heterocycles. The van der Waals surface area contributed by atoms with Crippen LogP contribution in [0.2, 0.25) is 0 Å². The molecule has 0 spiro atoms. The molecular weight excluding hydrogens is 359 g/mol. The second-order valence-corrected chi connectivity index (χ2v) is 6.50. The van der Waals surface area contributed by atoms with Crippen LogP contribution in [0.15, 0.2) is 42.7 Å². The van der Waals surface area contributed by atoms with E-state index in [-0.39, 0.29) is 12.6 Å². The van der Waals surface area contributed by atoms with E-state index in [1.54, 1.807) is 12.4 Å². The zero-order valence-corrected chi connectivity index (χ0v) is 15.6. The number of aromatic nitrogens is 3. The fourth-order valence-corrected chi connectivity index (χ4v) is 3.17. The third-order valence-electron chi connectivity index (χ3n) is 4.53. The molecule has 0 saturated heterocycles. The predicted molar refractivity (Wildman–Crippen MR) is 104 cm³/mol. The molecule has 0 aliphatic carbocycles. The summed E-state index contributed by atoms with van der Waals surface area (Å²) < 4.78 is 24.7. The number of nitrogens with zero attached hydrogens (tertiary/aromatic N) is 3. The van der Waals surface area contributed by atoms with Gasteiger partial charge in [0.2, 0.25) is 0 Å². The SMILES string of the molecule is CCc1cc(NCCc2cc(F)cc3c2OCOC3)nc(-c2ccncc2)n1. The van der Waals surface area contributed by atoms with Crippen LogP contribution in [0.3, 0.4) is 0 Å². The Morgan fingerprint density at radius 1 is 1.14 bits per heavy atom. The van der Waals surface area contributed by atoms with Crippen molar-refractivity contribution in [3.63, 3.8) is 0 Å². The lowest BCUT2D eigenvalue weighted by atomic mass is 10.1. The smallest absolute Gasteiger partial charge is 0.189 e. The van der Waals surface area contributed by atoms with E-state index >= 15 is 0 Å². The molecule has 0 fully saturated rings. The van der Waals surface area contributed by atoms with Gasteiger partial charge in [-0.2, -0.15) is 0 Å². The molecule has 1 aliphatic rings. The number of aryl methyl sites for hydroxylation is 1. The summed E-state index contributed by atoms with van der Waals surface area (Å²) in [5.74, 6) is 1.85. The van der Waals surface area contributed by atoms with Gasteiger partial charge in [-0.25, -0.2) is 14.4 Å². The highest BCUT2D eigenvalue weighted by Gasteiger charge is 2.17. The Hall–Kier alpha value is -3.06. The molecular formula is C21H21FN4O2. The van der Waals surface area contributed by atoms with Gasteiger partial charge in [-0.05, 0) is 42.7 Å². The number of anilines is 1. The number of hydrogen-bond donors (Lipinski definition) is 1. The standard InChI is InChI=1S/C21H21FN4O2/c1-2-18-11-19(26-21(25-18)14-3-6-23-7-4-14)24-8-5-15-9-17(22)10-16-12-27-13-28-20(15)16/h3-4,6-7,9-11H,2,5,8,12-13H2,1H3,(H,24,25,26). The molecule has 0 amide bonds. The molecule has 28 heavy (non-hydrogen) atoms. The van der Waals surface area contributed by atoms with Crippen LogP contribution in [0, 0.1) is 5.82 Å². The van der Waals surface area contributed by atoms with E-state index in [9.17, 15) is 4.39 Å². The van der Waals surface area contributed by atoms with E-state index < -0.39 is 0 Å². The summed E-state index contributed by atoms with van der Waals surface area (Å²) in [5, 5.41) is 3.33. The first-order valence-electron chi connectivity index (χ1n) is 9.27. The lowest BCUT2D eigenvalue weighted by Crippen LogP contribution is -2.15. The number of rotatable bonds is 6. The number of ether oxygens (including phenoxy) is 2. The highest BCUT2D eigenvalue weighted by molar-refractivity contribution is 5.56. The molecule has 0 saturated carbocycles. The first-order valence-corrected chi connectivity index (χ1v) is 9.27. The number of fused-ring (bicyclic) bond motifs is 1. The highest BCUT2D eigenvalue weighted by Crippen LogP contribution is 2.29. The van der Waals surface area contributed by atoms with Crippen molar-refractivity contribution in [3.8, 4) is 17.1 Å². The third-order valence-corrected chi connectivity index (χ3v) is 4.53. The lowest BCUT2D eigenvalue weighted by Gasteiger charge is -2.21. The number of halogens is 1. The van der Waals surface area contributed by atoms with Crippen LogP contribution in [-0.4, -0.2) is 28.3 Å². The first-order chi connectivity index (χ1) is 13.7. The molecule has 2 aromatic heterocycles. The van der Waals surface area contributed by atoms with Crippen LogP contribution in [0.25, 0.3) is 11.4 Å². The summed E-state index contributed by atoms with van der Waals surface area (Å²) >= 11 is 0. The van der Waals surface area contributed by atoms with Crippen molar-refractivity contribution in [2.75, 3.05) is 18.7 Å². The largest absolute Gasteiger partial charge is 0.467 e. The van der Waals surface area contributed by atoms with Crippen LogP contribution in [-0.2, 0) is 24.2 Å². The summed E-state index contributed by atoms with van der Waals surface area (Å²) in [7, 11) is 0. The summed E-state index contributed by atoms with van der Waals surface area (Å²) in [6, 6.07) is 8.69. The van der Waals surface area contributed by atoms with E-state index in [1.807, 2.05) is 18.2 Å². The van der Waals surface area contributed by atoms with Gasteiger partial charge in [0, 0.05) is 41.8 Å². The predicted octanol–water partition coefficient (Wildman–Crippen LogP) is 3.76. The Morgan fingerprint density at radius 2 is 2.00 bits per heavy atom. The molecule has 0 radical (unpaired) electrons. The van der Waals surface area contributed by atoms with Gasteiger partial charge in [-0.3, -0.25) is 4.98 Å². The Bertz CT molecular complexity index is 966. The van der Waals surface area contributed by atoms with Crippen molar-refractivity contribution < 1.29 is 13.9 Å². The summed E-state index contributed by atoms with van der Waals surface area (Å²) in [6.07, 6.45) is 4.86. The maximum absolute atomic E-state index is 13.9. The van der Waals surface area contributed by atoms with Crippen molar-refractivity contribution in [1.82, 2.24) is 15.0 Å². The van der Waals surface area contributed by atoms with Gasteiger partial charge in [0.15, 0.2) is 12.6 Å². The van der Waals surface area contributed by atoms with Crippen LogP contribution in [0.5, 0.6) is 5.75 Å². The second kappa shape index (κ2) is 8.31. The number of nitrogens with one attached hydrogen (secondary N) is 1. The molecule has 3 aromatic rings. The minimum absolute atomic E-state index is 0.195. The maximum atomic E-state index is 13.9. The average molecular weight is 380 g/mol. The quantitative estimate of drug-likeness (QED) is 0.702. The number of pyridine rings is 1. The van der Waals surface area contributed by atoms with Gasteiger partial charge in [-0.15, -0.1) is 0 Å². The molecule has 7 heteroatoms. The van der Waals surface area contributed by atoms with Gasteiger partial charge in [-0.1, -0.05) is 6.92 Å². The Labute approximate surface area is 162 Å². The fraction of sp³-hybridized carbons (Fsp3) is 0.286. The normalized spacial score (nSPS) is 12.9. The molecule has 1 N–H and O–H groups in total. The Morgan fingerprint density at radius 3 is 2.82 bits per heavy atom. The summed E-state index contributed by atoms with van der Waals surface area (Å²) in [4.78, 5) is 13.2. The lowest BCUT2D eigenvalue weighted by molar-refractivity contribution is -0.0172. The monoisotopic (exact) mass is 380 g/mol. The molecule has 1 aliphatic heterocycles. The first kappa shape index (κ1) is 18.3. The Balaban J connectivity index is 1.51.